The summed E-state index contributed by atoms with van der Waals surface area (Å²) in [4.78, 5) is 4.38. The lowest BCUT2D eigenvalue weighted by molar-refractivity contribution is 0.0518. The summed E-state index contributed by atoms with van der Waals surface area (Å²) in [5.41, 5.74) is 0. The van der Waals surface area contributed by atoms with Crippen molar-refractivity contribution in [3.05, 3.63) is 11.7 Å². The van der Waals surface area contributed by atoms with Crippen molar-refractivity contribution >= 4 is 0 Å². The SMILES string of the molecule is CCNC(C)Cc1nc(C(CC)OCC)no1. The van der Waals surface area contributed by atoms with E-state index >= 15 is 0 Å². The van der Waals surface area contributed by atoms with E-state index in [-0.39, 0.29) is 6.10 Å². The highest BCUT2D eigenvalue weighted by atomic mass is 16.5. The zero-order valence-electron chi connectivity index (χ0n) is 11.2. The third kappa shape index (κ3) is 4.44. The fraction of sp³-hybridized carbons (Fsp3) is 0.833. The maximum atomic E-state index is 5.54. The molecule has 0 saturated heterocycles. The summed E-state index contributed by atoms with van der Waals surface area (Å²) in [6.07, 6.45) is 1.56. The van der Waals surface area contributed by atoms with Gasteiger partial charge in [-0.1, -0.05) is 19.0 Å². The van der Waals surface area contributed by atoms with Gasteiger partial charge in [0, 0.05) is 19.1 Å². The number of hydrogen-bond acceptors (Lipinski definition) is 5. The lowest BCUT2D eigenvalue weighted by Gasteiger charge is -2.09. The van der Waals surface area contributed by atoms with Gasteiger partial charge in [0.1, 0.15) is 6.10 Å². The highest BCUT2D eigenvalue weighted by molar-refractivity contribution is 4.92. The molecule has 5 heteroatoms. The molecule has 0 bridgehead atoms. The van der Waals surface area contributed by atoms with Crippen LogP contribution in [0.1, 0.15) is 51.9 Å². The molecule has 0 radical (unpaired) electrons. The van der Waals surface area contributed by atoms with Crippen LogP contribution in [0.25, 0.3) is 0 Å². The molecule has 17 heavy (non-hydrogen) atoms. The molecule has 0 aliphatic rings. The summed E-state index contributed by atoms with van der Waals surface area (Å²) in [7, 11) is 0. The fourth-order valence-corrected chi connectivity index (χ4v) is 1.74. The predicted octanol–water partition coefficient (Wildman–Crippen LogP) is 2.10. The van der Waals surface area contributed by atoms with Crippen molar-refractivity contribution in [1.29, 1.82) is 0 Å². The molecule has 98 valence electrons. The van der Waals surface area contributed by atoms with Gasteiger partial charge >= 0.3 is 0 Å². The van der Waals surface area contributed by atoms with E-state index in [0.717, 1.165) is 19.4 Å². The van der Waals surface area contributed by atoms with E-state index < -0.39 is 0 Å². The van der Waals surface area contributed by atoms with Gasteiger partial charge in [0.15, 0.2) is 0 Å². The minimum absolute atomic E-state index is 0.0491. The Bertz CT molecular complexity index is 314. The van der Waals surface area contributed by atoms with E-state index in [4.69, 9.17) is 9.26 Å². The Morgan fingerprint density at radius 1 is 1.35 bits per heavy atom. The molecule has 1 rings (SSSR count). The number of likely N-dealkylation sites (N-methyl/N-ethyl adjacent to an activating group) is 1. The standard InChI is InChI=1S/C12H23N3O2/c1-5-10(16-7-3)12-14-11(17-15-12)8-9(4)13-6-2/h9-10,13H,5-8H2,1-4H3. The first-order valence-corrected chi connectivity index (χ1v) is 6.38. The summed E-state index contributed by atoms with van der Waals surface area (Å²) in [6.45, 7) is 9.81. The van der Waals surface area contributed by atoms with E-state index in [9.17, 15) is 0 Å². The highest BCUT2D eigenvalue weighted by Gasteiger charge is 2.17. The van der Waals surface area contributed by atoms with Crippen LogP contribution in [0.4, 0.5) is 0 Å². The molecule has 0 saturated carbocycles. The average molecular weight is 241 g/mol. The van der Waals surface area contributed by atoms with Crippen molar-refractivity contribution in [2.45, 2.75) is 52.7 Å². The Kier molecular flexibility index (Phi) is 6.15. The van der Waals surface area contributed by atoms with E-state index in [1.807, 2.05) is 6.92 Å². The van der Waals surface area contributed by atoms with Gasteiger partial charge < -0.3 is 14.6 Å². The number of nitrogens with one attached hydrogen (secondary N) is 1. The molecule has 0 amide bonds. The average Bonchev–Trinajstić information content (AvgIpc) is 2.74. The van der Waals surface area contributed by atoms with Gasteiger partial charge in [0.05, 0.1) is 0 Å². The van der Waals surface area contributed by atoms with Gasteiger partial charge in [-0.25, -0.2) is 0 Å². The first-order chi connectivity index (χ1) is 8.21. The van der Waals surface area contributed by atoms with E-state index in [1.54, 1.807) is 0 Å². The number of nitrogens with zero attached hydrogens (tertiary/aromatic N) is 2. The van der Waals surface area contributed by atoms with E-state index in [1.165, 1.54) is 0 Å². The van der Waals surface area contributed by atoms with Crippen molar-refractivity contribution in [2.24, 2.45) is 0 Å². The molecular formula is C12H23N3O2. The zero-order chi connectivity index (χ0) is 12.7. The van der Waals surface area contributed by atoms with Crippen molar-refractivity contribution in [3.63, 3.8) is 0 Å². The van der Waals surface area contributed by atoms with Crippen molar-refractivity contribution in [2.75, 3.05) is 13.2 Å². The molecule has 2 atom stereocenters. The smallest absolute Gasteiger partial charge is 0.228 e. The first kappa shape index (κ1) is 14.1. The highest BCUT2D eigenvalue weighted by Crippen LogP contribution is 2.17. The number of rotatable bonds is 8. The van der Waals surface area contributed by atoms with Crippen molar-refractivity contribution in [1.82, 2.24) is 15.5 Å². The predicted molar refractivity (Wildman–Crippen MR) is 65.8 cm³/mol. The minimum Gasteiger partial charge on any atom is -0.370 e. The van der Waals surface area contributed by atoms with Crippen LogP contribution in [-0.4, -0.2) is 29.3 Å². The molecule has 2 unspecified atom stereocenters. The molecule has 1 heterocycles. The summed E-state index contributed by atoms with van der Waals surface area (Å²) >= 11 is 0. The van der Waals surface area contributed by atoms with Crippen LogP contribution in [0, 0.1) is 0 Å². The van der Waals surface area contributed by atoms with Gasteiger partial charge in [-0.15, -0.1) is 0 Å². The number of hydrogen-bond donors (Lipinski definition) is 1. The maximum Gasteiger partial charge on any atom is 0.228 e. The van der Waals surface area contributed by atoms with E-state index in [0.29, 0.717) is 24.4 Å². The Morgan fingerprint density at radius 3 is 2.71 bits per heavy atom. The lowest BCUT2D eigenvalue weighted by Crippen LogP contribution is -2.27. The molecule has 1 aromatic rings. The van der Waals surface area contributed by atoms with Crippen LogP contribution in [-0.2, 0) is 11.2 Å². The summed E-state index contributed by atoms with van der Waals surface area (Å²) in [5, 5.41) is 7.29. The Labute approximate surface area is 103 Å². The number of ether oxygens (including phenoxy) is 1. The molecule has 0 aliphatic heterocycles. The van der Waals surface area contributed by atoms with Crippen molar-refractivity contribution in [3.8, 4) is 0 Å². The second-order valence-corrected chi connectivity index (χ2v) is 4.06. The molecule has 5 nitrogen and oxygen atoms in total. The van der Waals surface area contributed by atoms with Gasteiger partial charge in [0.2, 0.25) is 11.7 Å². The monoisotopic (exact) mass is 241 g/mol. The summed E-state index contributed by atoms with van der Waals surface area (Å²) in [5.74, 6) is 1.33. The molecular weight excluding hydrogens is 218 g/mol. The van der Waals surface area contributed by atoms with Gasteiger partial charge in [-0.05, 0) is 26.8 Å². The van der Waals surface area contributed by atoms with Crippen LogP contribution in [0.3, 0.4) is 0 Å². The molecule has 0 aromatic carbocycles. The van der Waals surface area contributed by atoms with Crippen molar-refractivity contribution < 1.29 is 9.26 Å². The van der Waals surface area contributed by atoms with Crippen LogP contribution >= 0.6 is 0 Å². The normalized spacial score (nSPS) is 14.8. The third-order valence-electron chi connectivity index (χ3n) is 2.54. The fourth-order valence-electron chi connectivity index (χ4n) is 1.74. The molecule has 0 aliphatic carbocycles. The molecule has 0 fully saturated rings. The Morgan fingerprint density at radius 2 is 2.12 bits per heavy atom. The van der Waals surface area contributed by atoms with Gasteiger partial charge in [0.25, 0.3) is 0 Å². The van der Waals surface area contributed by atoms with Crippen LogP contribution in [0.2, 0.25) is 0 Å². The molecule has 1 N–H and O–H groups in total. The second kappa shape index (κ2) is 7.40. The largest absolute Gasteiger partial charge is 0.370 e. The van der Waals surface area contributed by atoms with Gasteiger partial charge in [-0.3, -0.25) is 0 Å². The third-order valence-corrected chi connectivity index (χ3v) is 2.54. The molecule has 0 spiro atoms. The summed E-state index contributed by atoms with van der Waals surface area (Å²) < 4.78 is 10.8. The lowest BCUT2D eigenvalue weighted by atomic mass is 10.2. The first-order valence-electron chi connectivity index (χ1n) is 6.38. The number of aromatic nitrogens is 2. The topological polar surface area (TPSA) is 60.2 Å². The quantitative estimate of drug-likeness (QED) is 0.755. The minimum atomic E-state index is -0.0491. The zero-order valence-corrected chi connectivity index (χ0v) is 11.2. The second-order valence-electron chi connectivity index (χ2n) is 4.06. The van der Waals surface area contributed by atoms with Crippen LogP contribution < -0.4 is 5.32 Å². The summed E-state index contributed by atoms with van der Waals surface area (Å²) in [6, 6.07) is 0.348. The Balaban J connectivity index is 2.57. The van der Waals surface area contributed by atoms with Gasteiger partial charge in [-0.2, -0.15) is 4.98 Å². The molecule has 1 aromatic heterocycles. The van der Waals surface area contributed by atoms with Crippen LogP contribution in [0.15, 0.2) is 4.52 Å². The maximum absolute atomic E-state index is 5.54. The Hall–Kier alpha value is -0.940. The van der Waals surface area contributed by atoms with E-state index in [2.05, 4.69) is 36.2 Å². The van der Waals surface area contributed by atoms with Crippen LogP contribution in [0.5, 0.6) is 0 Å².